The summed E-state index contributed by atoms with van der Waals surface area (Å²) < 4.78 is 14.2. The van der Waals surface area contributed by atoms with Crippen LogP contribution in [0.5, 0.6) is 0 Å². The second kappa shape index (κ2) is 6.33. The lowest BCUT2D eigenvalue weighted by atomic mass is 10.0. The minimum atomic E-state index is -0.272. The number of hydrogen-bond acceptors (Lipinski definition) is 1. The quantitative estimate of drug-likeness (QED) is 0.892. The number of hydrogen-bond donors (Lipinski definition) is 1. The average molecular weight is 271 g/mol. The lowest BCUT2D eigenvalue weighted by molar-refractivity contribution is -0.121. The van der Waals surface area contributed by atoms with E-state index in [0.29, 0.717) is 12.0 Å². The number of nitrogens with one attached hydrogen (secondary N) is 1. The van der Waals surface area contributed by atoms with Crippen LogP contribution in [0.15, 0.2) is 48.5 Å². The van der Waals surface area contributed by atoms with Crippen LogP contribution in [0.1, 0.15) is 31.9 Å². The zero-order valence-corrected chi connectivity index (χ0v) is 11.7. The molecule has 0 fully saturated rings. The van der Waals surface area contributed by atoms with E-state index in [-0.39, 0.29) is 17.8 Å². The second-order valence-electron chi connectivity index (χ2n) is 4.75. The van der Waals surface area contributed by atoms with Crippen LogP contribution in [0.25, 0.3) is 11.1 Å². The lowest BCUT2D eigenvalue weighted by Crippen LogP contribution is -2.25. The van der Waals surface area contributed by atoms with E-state index in [1.165, 1.54) is 6.07 Å². The van der Waals surface area contributed by atoms with Crippen LogP contribution in [0.3, 0.4) is 0 Å². The molecule has 2 rings (SSSR count). The van der Waals surface area contributed by atoms with E-state index in [2.05, 4.69) is 5.32 Å². The molecule has 104 valence electrons. The summed E-state index contributed by atoms with van der Waals surface area (Å²) >= 11 is 0. The van der Waals surface area contributed by atoms with Gasteiger partial charge in [-0.2, -0.15) is 0 Å². The third-order valence-electron chi connectivity index (χ3n) is 3.28. The lowest BCUT2D eigenvalue weighted by Gasteiger charge is -2.15. The van der Waals surface area contributed by atoms with Gasteiger partial charge in [-0.15, -0.1) is 0 Å². The topological polar surface area (TPSA) is 29.1 Å². The molecule has 0 aliphatic heterocycles. The second-order valence-corrected chi connectivity index (χ2v) is 4.75. The van der Waals surface area contributed by atoms with E-state index in [1.807, 2.05) is 43.3 Å². The minimum Gasteiger partial charge on any atom is -0.350 e. The molecule has 0 aliphatic rings. The van der Waals surface area contributed by atoms with Crippen LogP contribution in [0.4, 0.5) is 4.39 Å². The Morgan fingerprint density at radius 3 is 2.50 bits per heavy atom. The van der Waals surface area contributed by atoms with Gasteiger partial charge in [0.1, 0.15) is 5.82 Å². The van der Waals surface area contributed by atoms with Crippen LogP contribution < -0.4 is 5.32 Å². The molecule has 2 nitrogen and oxygen atoms in total. The minimum absolute atomic E-state index is 0.0370. The predicted octanol–water partition coefficient (Wildman–Crippen LogP) is 4.08. The van der Waals surface area contributed by atoms with Gasteiger partial charge in [0.25, 0.3) is 0 Å². The Bertz CT molecular complexity index is 595. The van der Waals surface area contributed by atoms with E-state index < -0.39 is 0 Å². The van der Waals surface area contributed by atoms with E-state index in [1.54, 1.807) is 13.0 Å². The molecule has 1 atom stereocenters. The van der Waals surface area contributed by atoms with Gasteiger partial charge in [-0.1, -0.05) is 49.4 Å². The van der Waals surface area contributed by atoms with Crippen LogP contribution >= 0.6 is 0 Å². The van der Waals surface area contributed by atoms with Gasteiger partial charge in [-0.25, -0.2) is 4.39 Å². The maximum atomic E-state index is 14.2. The van der Waals surface area contributed by atoms with Crippen molar-refractivity contribution in [1.82, 2.24) is 5.32 Å². The number of halogens is 1. The first-order valence-corrected chi connectivity index (χ1v) is 6.76. The van der Waals surface area contributed by atoms with Crippen molar-refractivity contribution in [2.24, 2.45) is 0 Å². The van der Waals surface area contributed by atoms with E-state index in [0.717, 1.165) is 11.1 Å². The summed E-state index contributed by atoms with van der Waals surface area (Å²) in [7, 11) is 0. The summed E-state index contributed by atoms with van der Waals surface area (Å²) in [5.41, 5.74) is 2.19. The highest BCUT2D eigenvalue weighted by Gasteiger charge is 2.11. The molecule has 0 aliphatic carbocycles. The van der Waals surface area contributed by atoms with Gasteiger partial charge in [0.2, 0.25) is 5.91 Å². The Morgan fingerprint density at radius 1 is 1.20 bits per heavy atom. The number of benzene rings is 2. The van der Waals surface area contributed by atoms with Crippen molar-refractivity contribution in [1.29, 1.82) is 0 Å². The Balaban J connectivity index is 2.24. The molecule has 1 amide bonds. The van der Waals surface area contributed by atoms with Crippen molar-refractivity contribution in [2.75, 3.05) is 0 Å². The van der Waals surface area contributed by atoms with Crippen molar-refractivity contribution in [3.63, 3.8) is 0 Å². The molecular weight excluding hydrogens is 253 g/mol. The maximum absolute atomic E-state index is 14.2. The number of amides is 1. The van der Waals surface area contributed by atoms with Crippen molar-refractivity contribution in [3.8, 4) is 11.1 Å². The number of carbonyl (C=O) groups excluding carboxylic acids is 1. The van der Waals surface area contributed by atoms with Crippen molar-refractivity contribution in [2.45, 2.75) is 26.3 Å². The molecule has 0 spiro atoms. The molecule has 0 saturated carbocycles. The zero-order valence-electron chi connectivity index (χ0n) is 11.7. The third-order valence-corrected chi connectivity index (χ3v) is 3.28. The van der Waals surface area contributed by atoms with Crippen LogP contribution in [0, 0.1) is 5.82 Å². The molecule has 0 bridgehead atoms. The highest BCUT2D eigenvalue weighted by molar-refractivity contribution is 5.76. The molecule has 3 heteroatoms. The van der Waals surface area contributed by atoms with Crippen molar-refractivity contribution < 1.29 is 9.18 Å². The van der Waals surface area contributed by atoms with Crippen LogP contribution in [-0.2, 0) is 4.79 Å². The van der Waals surface area contributed by atoms with Gasteiger partial charge in [0, 0.05) is 12.0 Å². The Hall–Kier alpha value is -2.16. The summed E-state index contributed by atoms with van der Waals surface area (Å²) in [6.45, 7) is 3.64. The largest absolute Gasteiger partial charge is 0.350 e. The maximum Gasteiger partial charge on any atom is 0.220 e. The highest BCUT2D eigenvalue weighted by Crippen LogP contribution is 2.25. The third kappa shape index (κ3) is 3.23. The molecule has 2 aromatic rings. The summed E-state index contributed by atoms with van der Waals surface area (Å²) in [5, 5.41) is 2.83. The molecule has 20 heavy (non-hydrogen) atoms. The van der Waals surface area contributed by atoms with Crippen molar-refractivity contribution in [3.05, 3.63) is 59.9 Å². The fraction of sp³-hybridized carbons (Fsp3) is 0.235. The number of carbonyl (C=O) groups is 1. The standard InChI is InChI=1S/C17H18FNO/c1-3-17(20)19-12(2)14-9-10-15(16(18)11-14)13-7-5-4-6-8-13/h4-12H,3H2,1-2H3,(H,19,20)/t12-/m0/s1. The Morgan fingerprint density at radius 2 is 1.90 bits per heavy atom. The van der Waals surface area contributed by atoms with Crippen LogP contribution in [-0.4, -0.2) is 5.91 Å². The number of rotatable bonds is 4. The molecule has 0 unspecified atom stereocenters. The van der Waals surface area contributed by atoms with Gasteiger partial charge in [0.05, 0.1) is 6.04 Å². The molecule has 0 heterocycles. The van der Waals surface area contributed by atoms with Gasteiger partial charge in [-0.05, 0) is 24.1 Å². The van der Waals surface area contributed by atoms with E-state index in [4.69, 9.17) is 0 Å². The molecule has 0 aromatic heterocycles. The highest BCUT2D eigenvalue weighted by atomic mass is 19.1. The normalized spacial score (nSPS) is 11.9. The van der Waals surface area contributed by atoms with E-state index in [9.17, 15) is 9.18 Å². The monoisotopic (exact) mass is 271 g/mol. The van der Waals surface area contributed by atoms with Crippen molar-refractivity contribution >= 4 is 5.91 Å². The van der Waals surface area contributed by atoms with Gasteiger partial charge in [0.15, 0.2) is 0 Å². The van der Waals surface area contributed by atoms with Gasteiger partial charge >= 0.3 is 0 Å². The van der Waals surface area contributed by atoms with Gasteiger partial charge < -0.3 is 5.32 Å². The summed E-state index contributed by atoms with van der Waals surface area (Å²) in [6.07, 6.45) is 0.426. The van der Waals surface area contributed by atoms with Crippen LogP contribution in [0.2, 0.25) is 0 Å². The predicted molar refractivity (Wildman–Crippen MR) is 78.7 cm³/mol. The molecule has 0 radical (unpaired) electrons. The zero-order chi connectivity index (χ0) is 14.5. The molecule has 0 saturated heterocycles. The fourth-order valence-corrected chi connectivity index (χ4v) is 2.08. The fourth-order valence-electron chi connectivity index (χ4n) is 2.08. The SMILES string of the molecule is CCC(=O)N[C@@H](C)c1ccc(-c2ccccc2)c(F)c1. The summed E-state index contributed by atoms with van der Waals surface area (Å²) in [5.74, 6) is -0.309. The average Bonchev–Trinajstić information content (AvgIpc) is 2.47. The first-order chi connectivity index (χ1) is 9.61. The Labute approximate surface area is 118 Å². The first kappa shape index (κ1) is 14.3. The Kier molecular flexibility index (Phi) is 4.51. The summed E-state index contributed by atoms with van der Waals surface area (Å²) in [6, 6.07) is 14.3. The molecule has 1 N–H and O–H groups in total. The van der Waals surface area contributed by atoms with E-state index >= 15 is 0 Å². The molecule has 2 aromatic carbocycles. The first-order valence-electron chi connectivity index (χ1n) is 6.76. The summed E-state index contributed by atoms with van der Waals surface area (Å²) in [4.78, 5) is 11.4. The smallest absolute Gasteiger partial charge is 0.220 e. The van der Waals surface area contributed by atoms with Gasteiger partial charge in [-0.3, -0.25) is 4.79 Å². The molecular formula is C17H18FNO.